The fraction of sp³-hybridized carbons (Fsp3) is 0.353. The van der Waals surface area contributed by atoms with E-state index in [2.05, 4.69) is 5.10 Å². The van der Waals surface area contributed by atoms with Gasteiger partial charge in [-0.25, -0.2) is 9.07 Å². The van der Waals surface area contributed by atoms with Crippen molar-refractivity contribution >= 4 is 11.8 Å². The molecule has 0 spiro atoms. The van der Waals surface area contributed by atoms with E-state index in [1.807, 2.05) is 0 Å². The number of amides is 2. The fourth-order valence-electron chi connectivity index (χ4n) is 3.05. The van der Waals surface area contributed by atoms with Gasteiger partial charge in [0.2, 0.25) is 5.91 Å². The Morgan fingerprint density at radius 1 is 1.33 bits per heavy atom. The van der Waals surface area contributed by atoms with Crippen LogP contribution in [0.3, 0.4) is 0 Å². The van der Waals surface area contributed by atoms with E-state index in [9.17, 15) is 14.0 Å². The zero-order valence-corrected chi connectivity index (χ0v) is 13.4. The average Bonchev–Trinajstić information content (AvgIpc) is 2.96. The maximum Gasteiger partial charge on any atom is 0.257 e. The van der Waals surface area contributed by atoms with Crippen molar-refractivity contribution in [1.29, 1.82) is 0 Å². The van der Waals surface area contributed by atoms with E-state index in [0.29, 0.717) is 36.5 Å². The zero-order chi connectivity index (χ0) is 17.3. The monoisotopic (exact) mass is 330 g/mol. The summed E-state index contributed by atoms with van der Waals surface area (Å²) in [6.45, 7) is 2.62. The van der Waals surface area contributed by atoms with Crippen molar-refractivity contribution in [3.63, 3.8) is 0 Å². The molecule has 1 aliphatic rings. The van der Waals surface area contributed by atoms with E-state index in [-0.39, 0.29) is 17.7 Å². The van der Waals surface area contributed by atoms with Gasteiger partial charge in [-0.2, -0.15) is 5.10 Å². The van der Waals surface area contributed by atoms with Gasteiger partial charge < -0.3 is 10.6 Å². The van der Waals surface area contributed by atoms with Crippen molar-refractivity contribution in [2.24, 2.45) is 11.7 Å². The summed E-state index contributed by atoms with van der Waals surface area (Å²) in [5.74, 6) is -1.31. The van der Waals surface area contributed by atoms with Gasteiger partial charge in [0.15, 0.2) is 0 Å². The standard InChI is InChI=1S/C17H19FN4O2/c1-11-13(9-20-22(11)15-7-3-2-6-14(15)18)17(24)21-8-4-5-12(10-21)16(19)23/h2-3,6-7,9,12H,4-5,8,10H2,1H3,(H2,19,23). The number of para-hydroxylation sites is 1. The Morgan fingerprint density at radius 2 is 2.08 bits per heavy atom. The molecule has 1 fully saturated rings. The van der Waals surface area contributed by atoms with Gasteiger partial charge in [0.05, 0.1) is 23.4 Å². The molecule has 0 saturated carbocycles. The third kappa shape index (κ3) is 2.89. The zero-order valence-electron chi connectivity index (χ0n) is 13.4. The highest BCUT2D eigenvalue weighted by Gasteiger charge is 2.29. The number of likely N-dealkylation sites (tertiary alicyclic amines) is 1. The third-order valence-electron chi connectivity index (χ3n) is 4.43. The molecule has 1 saturated heterocycles. The van der Waals surface area contributed by atoms with Crippen LogP contribution in [-0.4, -0.2) is 39.6 Å². The van der Waals surface area contributed by atoms with Crippen LogP contribution in [0.5, 0.6) is 0 Å². The van der Waals surface area contributed by atoms with Gasteiger partial charge in [-0.05, 0) is 31.9 Å². The fourth-order valence-corrected chi connectivity index (χ4v) is 3.05. The van der Waals surface area contributed by atoms with E-state index < -0.39 is 5.82 Å². The van der Waals surface area contributed by atoms with E-state index >= 15 is 0 Å². The third-order valence-corrected chi connectivity index (χ3v) is 4.43. The number of benzene rings is 1. The highest BCUT2D eigenvalue weighted by Crippen LogP contribution is 2.22. The lowest BCUT2D eigenvalue weighted by atomic mass is 9.97. The van der Waals surface area contributed by atoms with Crippen LogP contribution in [0.15, 0.2) is 30.5 Å². The summed E-state index contributed by atoms with van der Waals surface area (Å²) >= 11 is 0. The van der Waals surface area contributed by atoms with Gasteiger partial charge >= 0.3 is 0 Å². The minimum atomic E-state index is -0.408. The number of carbonyl (C=O) groups is 2. The van der Waals surface area contributed by atoms with Crippen LogP contribution < -0.4 is 5.73 Å². The van der Waals surface area contributed by atoms with Gasteiger partial charge in [0.25, 0.3) is 5.91 Å². The molecule has 126 valence electrons. The molecule has 1 aromatic heterocycles. The molecule has 0 bridgehead atoms. The quantitative estimate of drug-likeness (QED) is 0.929. The summed E-state index contributed by atoms with van der Waals surface area (Å²) in [5, 5.41) is 4.15. The second-order valence-corrected chi connectivity index (χ2v) is 6.00. The van der Waals surface area contributed by atoms with Crippen molar-refractivity contribution in [3.8, 4) is 5.69 Å². The van der Waals surface area contributed by atoms with Crippen LogP contribution >= 0.6 is 0 Å². The highest BCUT2D eigenvalue weighted by molar-refractivity contribution is 5.95. The summed E-state index contributed by atoms with van der Waals surface area (Å²) in [6.07, 6.45) is 2.88. The number of aromatic nitrogens is 2. The summed E-state index contributed by atoms with van der Waals surface area (Å²) < 4.78 is 15.4. The Hall–Kier alpha value is -2.70. The van der Waals surface area contributed by atoms with Crippen LogP contribution in [0, 0.1) is 18.7 Å². The summed E-state index contributed by atoms with van der Waals surface area (Å²) in [4.78, 5) is 25.7. The predicted octanol–water partition coefficient (Wildman–Crippen LogP) is 1.66. The summed E-state index contributed by atoms with van der Waals surface area (Å²) in [5.41, 5.74) is 6.62. The Bertz CT molecular complexity index is 787. The van der Waals surface area contributed by atoms with E-state index in [4.69, 9.17) is 5.73 Å². The Kier molecular flexibility index (Phi) is 4.33. The lowest BCUT2D eigenvalue weighted by Crippen LogP contribution is -2.44. The number of hydrogen-bond donors (Lipinski definition) is 1. The maximum atomic E-state index is 14.0. The van der Waals surface area contributed by atoms with Crippen molar-refractivity contribution < 1.29 is 14.0 Å². The molecule has 1 aliphatic heterocycles. The number of halogens is 1. The first-order chi connectivity index (χ1) is 11.5. The van der Waals surface area contributed by atoms with Crippen LogP contribution in [0.25, 0.3) is 5.69 Å². The first-order valence-electron chi connectivity index (χ1n) is 7.87. The number of carbonyl (C=O) groups excluding carboxylic acids is 2. The van der Waals surface area contributed by atoms with Crippen molar-refractivity contribution in [3.05, 3.63) is 47.5 Å². The molecular formula is C17H19FN4O2. The number of rotatable bonds is 3. The molecule has 3 rings (SSSR count). The van der Waals surface area contributed by atoms with Gasteiger partial charge in [-0.1, -0.05) is 12.1 Å². The molecule has 2 amide bonds. The van der Waals surface area contributed by atoms with E-state index in [1.165, 1.54) is 16.9 Å². The van der Waals surface area contributed by atoms with Crippen LogP contribution in [0.2, 0.25) is 0 Å². The first kappa shape index (κ1) is 16.2. The molecule has 2 heterocycles. The molecule has 1 aromatic carbocycles. The van der Waals surface area contributed by atoms with Gasteiger partial charge in [0, 0.05) is 13.1 Å². The molecule has 1 atom stereocenters. The highest BCUT2D eigenvalue weighted by atomic mass is 19.1. The Morgan fingerprint density at radius 3 is 2.79 bits per heavy atom. The number of hydrogen-bond acceptors (Lipinski definition) is 3. The summed E-state index contributed by atoms with van der Waals surface area (Å²) in [7, 11) is 0. The predicted molar refractivity (Wildman–Crippen MR) is 86.1 cm³/mol. The Labute approximate surface area is 139 Å². The first-order valence-corrected chi connectivity index (χ1v) is 7.87. The molecule has 0 aliphatic carbocycles. The molecule has 1 unspecified atom stereocenters. The lowest BCUT2D eigenvalue weighted by molar-refractivity contribution is -0.123. The lowest BCUT2D eigenvalue weighted by Gasteiger charge is -2.31. The molecule has 2 aromatic rings. The van der Waals surface area contributed by atoms with E-state index in [0.717, 1.165) is 6.42 Å². The smallest absolute Gasteiger partial charge is 0.257 e. The Balaban J connectivity index is 1.87. The van der Waals surface area contributed by atoms with Crippen LogP contribution in [-0.2, 0) is 4.79 Å². The van der Waals surface area contributed by atoms with Gasteiger partial charge in [0.1, 0.15) is 11.5 Å². The van der Waals surface area contributed by atoms with E-state index in [1.54, 1.807) is 30.0 Å². The second-order valence-electron chi connectivity index (χ2n) is 6.00. The van der Waals surface area contributed by atoms with Gasteiger partial charge in [-0.3, -0.25) is 9.59 Å². The molecule has 0 radical (unpaired) electrons. The molecule has 2 N–H and O–H groups in total. The molecule has 24 heavy (non-hydrogen) atoms. The topological polar surface area (TPSA) is 81.2 Å². The average molecular weight is 330 g/mol. The maximum absolute atomic E-state index is 14.0. The molecule has 6 nitrogen and oxygen atoms in total. The normalized spacial score (nSPS) is 17.8. The second kappa shape index (κ2) is 6.43. The van der Waals surface area contributed by atoms with Crippen molar-refractivity contribution in [2.75, 3.05) is 13.1 Å². The van der Waals surface area contributed by atoms with Crippen LogP contribution in [0.4, 0.5) is 4.39 Å². The number of piperidine rings is 1. The molecule has 7 heteroatoms. The van der Waals surface area contributed by atoms with Gasteiger partial charge in [-0.15, -0.1) is 0 Å². The number of nitrogens with zero attached hydrogens (tertiary/aromatic N) is 3. The number of primary amides is 1. The van der Waals surface area contributed by atoms with Crippen molar-refractivity contribution in [1.82, 2.24) is 14.7 Å². The van der Waals surface area contributed by atoms with Crippen molar-refractivity contribution in [2.45, 2.75) is 19.8 Å². The largest absolute Gasteiger partial charge is 0.369 e. The number of nitrogens with two attached hydrogens (primary N) is 1. The minimum Gasteiger partial charge on any atom is -0.369 e. The minimum absolute atomic E-state index is 0.207. The van der Waals surface area contributed by atoms with Crippen LogP contribution in [0.1, 0.15) is 28.9 Å². The molecular weight excluding hydrogens is 311 g/mol. The SMILES string of the molecule is Cc1c(C(=O)N2CCCC(C(N)=O)C2)cnn1-c1ccccc1F. The summed E-state index contributed by atoms with van der Waals surface area (Å²) in [6, 6.07) is 6.26.